The van der Waals surface area contributed by atoms with E-state index in [1.165, 1.54) is 0 Å². The predicted molar refractivity (Wildman–Crippen MR) is 75.8 cm³/mol. The minimum absolute atomic E-state index is 0.0719. The number of aromatic nitrogens is 2. The van der Waals surface area contributed by atoms with Crippen molar-refractivity contribution in [1.29, 1.82) is 0 Å². The summed E-state index contributed by atoms with van der Waals surface area (Å²) in [6, 6.07) is 0.239. The number of hydrogen-bond acceptors (Lipinski definition) is 4. The Morgan fingerprint density at radius 3 is 2.42 bits per heavy atom. The standard InChI is InChI=1S/C15H25N3O/c1-6-18-13(11-8-16-10-17-9-11)12-7-14(2,3)19-15(12,4)5/h8-10,12-13,18H,6-7H2,1-5H3. The molecule has 1 saturated heterocycles. The summed E-state index contributed by atoms with van der Waals surface area (Å²) < 4.78 is 6.22. The van der Waals surface area contributed by atoms with Gasteiger partial charge in [0.2, 0.25) is 0 Å². The minimum atomic E-state index is -0.147. The molecule has 2 heterocycles. The van der Waals surface area contributed by atoms with Crippen molar-refractivity contribution in [1.82, 2.24) is 15.3 Å². The van der Waals surface area contributed by atoms with Gasteiger partial charge in [0.05, 0.1) is 11.2 Å². The van der Waals surface area contributed by atoms with Gasteiger partial charge >= 0.3 is 0 Å². The third-order valence-corrected chi connectivity index (χ3v) is 3.91. The van der Waals surface area contributed by atoms with Gasteiger partial charge in [-0.25, -0.2) is 9.97 Å². The molecule has 2 atom stereocenters. The van der Waals surface area contributed by atoms with Crippen LogP contribution in [0.3, 0.4) is 0 Å². The highest BCUT2D eigenvalue weighted by molar-refractivity contribution is 5.15. The number of hydrogen-bond donors (Lipinski definition) is 1. The third kappa shape index (κ3) is 3.12. The molecule has 4 nitrogen and oxygen atoms in total. The molecule has 1 N–H and O–H groups in total. The highest BCUT2D eigenvalue weighted by Crippen LogP contribution is 2.47. The van der Waals surface area contributed by atoms with Gasteiger partial charge in [-0.05, 0) is 40.7 Å². The van der Waals surface area contributed by atoms with Gasteiger partial charge in [-0.3, -0.25) is 0 Å². The van der Waals surface area contributed by atoms with Crippen LogP contribution in [0.25, 0.3) is 0 Å². The van der Waals surface area contributed by atoms with Crippen LogP contribution in [0.2, 0.25) is 0 Å². The molecule has 1 aliphatic rings. The molecule has 0 aromatic carbocycles. The Labute approximate surface area is 116 Å². The van der Waals surface area contributed by atoms with Gasteiger partial charge < -0.3 is 10.1 Å². The molecular formula is C15H25N3O. The lowest BCUT2D eigenvalue weighted by Gasteiger charge is -2.33. The Balaban J connectivity index is 2.30. The largest absolute Gasteiger partial charge is 0.369 e. The van der Waals surface area contributed by atoms with Crippen LogP contribution in [0.5, 0.6) is 0 Å². The molecule has 2 rings (SSSR count). The third-order valence-electron chi connectivity index (χ3n) is 3.91. The van der Waals surface area contributed by atoms with Crippen LogP contribution in [-0.4, -0.2) is 27.7 Å². The van der Waals surface area contributed by atoms with E-state index >= 15 is 0 Å². The smallest absolute Gasteiger partial charge is 0.115 e. The van der Waals surface area contributed by atoms with Gasteiger partial charge in [-0.1, -0.05) is 6.92 Å². The summed E-state index contributed by atoms with van der Waals surface area (Å²) in [7, 11) is 0. The number of rotatable bonds is 4. The summed E-state index contributed by atoms with van der Waals surface area (Å²) in [5.41, 5.74) is 0.924. The SMILES string of the molecule is CCNC(c1cncnc1)C1CC(C)(C)OC1(C)C. The van der Waals surface area contributed by atoms with Gasteiger partial charge in [0, 0.05) is 29.9 Å². The van der Waals surface area contributed by atoms with Crippen molar-refractivity contribution in [3.05, 3.63) is 24.3 Å². The molecule has 1 aromatic rings. The first kappa shape index (κ1) is 14.4. The molecule has 0 spiro atoms. The first-order valence-corrected chi connectivity index (χ1v) is 7.04. The van der Waals surface area contributed by atoms with E-state index in [4.69, 9.17) is 4.74 Å². The van der Waals surface area contributed by atoms with Gasteiger partial charge in [-0.15, -0.1) is 0 Å². The van der Waals surface area contributed by atoms with Gasteiger partial charge in [0.25, 0.3) is 0 Å². The summed E-state index contributed by atoms with van der Waals surface area (Å²) in [4.78, 5) is 8.30. The molecule has 1 aromatic heterocycles. The molecule has 2 unspecified atom stereocenters. The van der Waals surface area contributed by atoms with E-state index < -0.39 is 0 Å². The quantitative estimate of drug-likeness (QED) is 0.907. The van der Waals surface area contributed by atoms with Crippen LogP contribution in [0.4, 0.5) is 0 Å². The predicted octanol–water partition coefficient (Wildman–Crippen LogP) is 2.72. The first-order chi connectivity index (χ1) is 8.86. The summed E-state index contributed by atoms with van der Waals surface area (Å²) in [5, 5.41) is 3.57. The molecule has 19 heavy (non-hydrogen) atoms. The monoisotopic (exact) mass is 263 g/mol. The fourth-order valence-electron chi connectivity index (χ4n) is 3.31. The van der Waals surface area contributed by atoms with E-state index in [1.807, 2.05) is 12.4 Å². The molecule has 4 heteroatoms. The van der Waals surface area contributed by atoms with Crippen molar-refractivity contribution in [2.75, 3.05) is 6.54 Å². The van der Waals surface area contributed by atoms with E-state index in [2.05, 4.69) is 49.9 Å². The number of nitrogens with zero attached hydrogens (tertiary/aromatic N) is 2. The van der Waals surface area contributed by atoms with Gasteiger partial charge in [0.1, 0.15) is 6.33 Å². The molecule has 1 fully saturated rings. The zero-order valence-corrected chi connectivity index (χ0v) is 12.6. The van der Waals surface area contributed by atoms with E-state index in [-0.39, 0.29) is 17.2 Å². The Bertz CT molecular complexity index is 417. The summed E-state index contributed by atoms with van der Waals surface area (Å²) in [6.45, 7) is 11.7. The Morgan fingerprint density at radius 2 is 1.95 bits per heavy atom. The maximum Gasteiger partial charge on any atom is 0.115 e. The van der Waals surface area contributed by atoms with E-state index in [1.54, 1.807) is 6.33 Å². The van der Waals surface area contributed by atoms with E-state index in [9.17, 15) is 0 Å². The Morgan fingerprint density at radius 1 is 1.32 bits per heavy atom. The highest BCUT2D eigenvalue weighted by atomic mass is 16.5. The molecule has 0 bridgehead atoms. The summed E-state index contributed by atoms with van der Waals surface area (Å²) in [5.74, 6) is 0.411. The molecule has 1 aliphatic heterocycles. The van der Waals surface area contributed by atoms with Gasteiger partial charge in [-0.2, -0.15) is 0 Å². The van der Waals surface area contributed by atoms with Crippen molar-refractivity contribution in [3.8, 4) is 0 Å². The molecule has 0 aliphatic carbocycles. The molecule has 106 valence electrons. The van der Waals surface area contributed by atoms with Crippen LogP contribution in [0.1, 0.15) is 52.6 Å². The summed E-state index contributed by atoms with van der Waals surface area (Å²) in [6.07, 6.45) is 6.42. The maximum atomic E-state index is 6.22. The second kappa shape index (κ2) is 5.17. The van der Waals surface area contributed by atoms with Crippen LogP contribution in [-0.2, 0) is 4.74 Å². The average molecular weight is 263 g/mol. The van der Waals surface area contributed by atoms with Crippen LogP contribution in [0, 0.1) is 5.92 Å². The Kier molecular flexibility index (Phi) is 3.92. The normalized spacial score (nSPS) is 26.3. The van der Waals surface area contributed by atoms with Crippen molar-refractivity contribution in [2.45, 2.75) is 58.3 Å². The first-order valence-electron chi connectivity index (χ1n) is 7.04. The zero-order chi connectivity index (χ0) is 14.1. The van der Waals surface area contributed by atoms with Crippen LogP contribution >= 0.6 is 0 Å². The number of ether oxygens (including phenoxy) is 1. The molecular weight excluding hydrogens is 238 g/mol. The minimum Gasteiger partial charge on any atom is -0.369 e. The van der Waals surface area contributed by atoms with Crippen molar-refractivity contribution >= 4 is 0 Å². The maximum absolute atomic E-state index is 6.22. The lowest BCUT2D eigenvalue weighted by molar-refractivity contribution is -0.0778. The summed E-state index contributed by atoms with van der Waals surface area (Å²) >= 11 is 0. The van der Waals surface area contributed by atoms with Crippen LogP contribution in [0.15, 0.2) is 18.7 Å². The van der Waals surface area contributed by atoms with E-state index in [0.717, 1.165) is 18.5 Å². The van der Waals surface area contributed by atoms with Crippen LogP contribution < -0.4 is 5.32 Å². The zero-order valence-electron chi connectivity index (χ0n) is 12.6. The highest BCUT2D eigenvalue weighted by Gasteiger charge is 2.49. The average Bonchev–Trinajstić information content (AvgIpc) is 2.55. The fourth-order valence-corrected chi connectivity index (χ4v) is 3.31. The lowest BCUT2D eigenvalue weighted by Crippen LogP contribution is -2.38. The topological polar surface area (TPSA) is 47.0 Å². The second-order valence-corrected chi connectivity index (χ2v) is 6.48. The van der Waals surface area contributed by atoms with Gasteiger partial charge in [0.15, 0.2) is 0 Å². The van der Waals surface area contributed by atoms with E-state index in [0.29, 0.717) is 5.92 Å². The second-order valence-electron chi connectivity index (χ2n) is 6.48. The molecule has 0 saturated carbocycles. The Hall–Kier alpha value is -1.00. The number of nitrogens with one attached hydrogen (secondary N) is 1. The van der Waals surface area contributed by atoms with Crippen molar-refractivity contribution in [3.63, 3.8) is 0 Å². The molecule has 0 radical (unpaired) electrons. The fraction of sp³-hybridized carbons (Fsp3) is 0.733. The van der Waals surface area contributed by atoms with Crippen molar-refractivity contribution in [2.24, 2.45) is 5.92 Å². The lowest BCUT2D eigenvalue weighted by atomic mass is 9.79. The molecule has 0 amide bonds. The van der Waals surface area contributed by atoms with Crippen molar-refractivity contribution < 1.29 is 4.74 Å².